The van der Waals surface area contributed by atoms with Crippen LogP contribution in [0.2, 0.25) is 0 Å². The zero-order chi connectivity index (χ0) is 14.8. The minimum absolute atomic E-state index is 0.0311. The van der Waals surface area contributed by atoms with Crippen LogP contribution in [-0.4, -0.2) is 43.3 Å². The number of hydrogen-bond donors (Lipinski definition) is 1. The Bertz CT molecular complexity index is 563. The van der Waals surface area contributed by atoms with Crippen LogP contribution in [0.4, 0.5) is 0 Å². The third-order valence-corrected chi connectivity index (χ3v) is 5.80. The van der Waals surface area contributed by atoms with Gasteiger partial charge in [-0.1, -0.05) is 13.8 Å². The Hall–Kier alpha value is -0.880. The third kappa shape index (κ3) is 3.06. The molecule has 1 saturated heterocycles. The maximum absolute atomic E-state index is 11.7. The third-order valence-electron chi connectivity index (χ3n) is 4.05. The van der Waals surface area contributed by atoms with Crippen LogP contribution in [0.5, 0.6) is 0 Å². The molecule has 0 bridgehead atoms. The van der Waals surface area contributed by atoms with Gasteiger partial charge in [0.1, 0.15) is 0 Å². The van der Waals surface area contributed by atoms with Crippen LogP contribution in [0.3, 0.4) is 0 Å². The highest BCUT2D eigenvalue weighted by Crippen LogP contribution is 2.28. The van der Waals surface area contributed by atoms with Crippen molar-refractivity contribution in [2.45, 2.75) is 45.6 Å². The molecule has 5 nitrogen and oxygen atoms in total. The van der Waals surface area contributed by atoms with Gasteiger partial charge in [-0.05, 0) is 44.8 Å². The molecule has 1 aliphatic rings. The number of likely N-dealkylation sites (N-methyl/N-ethyl adjacent to an activating group) is 1. The molecule has 20 heavy (non-hydrogen) atoms. The minimum Gasteiger partial charge on any atom is -0.319 e. The van der Waals surface area contributed by atoms with Crippen LogP contribution < -0.4 is 5.32 Å². The first-order valence-electron chi connectivity index (χ1n) is 7.46. The summed E-state index contributed by atoms with van der Waals surface area (Å²) in [5, 5.41) is 7.90. The average molecular weight is 299 g/mol. The van der Waals surface area contributed by atoms with Crippen molar-refractivity contribution < 1.29 is 8.42 Å². The zero-order valence-electron chi connectivity index (χ0n) is 12.6. The van der Waals surface area contributed by atoms with E-state index in [0.29, 0.717) is 12.2 Å². The molecule has 1 aromatic rings. The molecule has 1 aliphatic heterocycles. The van der Waals surface area contributed by atoms with E-state index in [1.165, 1.54) is 11.3 Å². The summed E-state index contributed by atoms with van der Waals surface area (Å²) in [6, 6.07) is 0.0311. The Kier molecular flexibility index (Phi) is 4.86. The lowest BCUT2D eigenvalue weighted by Gasteiger charge is -2.13. The van der Waals surface area contributed by atoms with Gasteiger partial charge in [-0.2, -0.15) is 5.10 Å². The van der Waals surface area contributed by atoms with Gasteiger partial charge in [-0.3, -0.25) is 4.68 Å². The number of aromatic nitrogens is 2. The highest BCUT2D eigenvalue weighted by molar-refractivity contribution is 7.91. The Labute approximate surface area is 121 Å². The van der Waals surface area contributed by atoms with Crippen molar-refractivity contribution in [1.82, 2.24) is 15.1 Å². The largest absolute Gasteiger partial charge is 0.319 e. The van der Waals surface area contributed by atoms with Gasteiger partial charge in [0.2, 0.25) is 0 Å². The fourth-order valence-electron chi connectivity index (χ4n) is 3.02. The number of aryl methyl sites for hydroxylation is 1. The number of hydrogen-bond acceptors (Lipinski definition) is 4. The lowest BCUT2D eigenvalue weighted by molar-refractivity contribution is 0.477. The van der Waals surface area contributed by atoms with Gasteiger partial charge in [0.25, 0.3) is 0 Å². The molecule has 2 rings (SSSR count). The van der Waals surface area contributed by atoms with Crippen molar-refractivity contribution in [1.29, 1.82) is 0 Å². The molecule has 0 amide bonds. The lowest BCUT2D eigenvalue weighted by atomic mass is 10.1. The molecular formula is C14H25N3O2S. The van der Waals surface area contributed by atoms with Gasteiger partial charge in [0.05, 0.1) is 23.2 Å². The lowest BCUT2D eigenvalue weighted by Crippen LogP contribution is -2.16. The summed E-state index contributed by atoms with van der Waals surface area (Å²) in [7, 11) is -0.919. The Morgan fingerprint density at radius 1 is 1.35 bits per heavy atom. The molecule has 1 atom stereocenters. The van der Waals surface area contributed by atoms with E-state index in [9.17, 15) is 8.42 Å². The van der Waals surface area contributed by atoms with E-state index in [1.54, 1.807) is 0 Å². The summed E-state index contributed by atoms with van der Waals surface area (Å²) in [6.07, 6.45) is 3.47. The molecule has 6 heteroatoms. The normalized spacial score (nSPS) is 21.4. The number of rotatable bonds is 6. The van der Waals surface area contributed by atoms with Crippen molar-refractivity contribution >= 4 is 9.84 Å². The molecule has 0 aromatic carbocycles. The van der Waals surface area contributed by atoms with E-state index in [4.69, 9.17) is 5.10 Å². The molecule has 0 radical (unpaired) electrons. The van der Waals surface area contributed by atoms with Crippen LogP contribution in [0.15, 0.2) is 0 Å². The number of nitrogens with one attached hydrogen (secondary N) is 1. The summed E-state index contributed by atoms with van der Waals surface area (Å²) in [5.41, 5.74) is 3.66. The summed E-state index contributed by atoms with van der Waals surface area (Å²) >= 11 is 0. The van der Waals surface area contributed by atoms with Gasteiger partial charge in [0.15, 0.2) is 9.84 Å². The van der Waals surface area contributed by atoms with E-state index in [0.717, 1.165) is 31.5 Å². The number of nitrogens with zero attached hydrogens (tertiary/aromatic N) is 2. The minimum atomic E-state index is -2.87. The van der Waals surface area contributed by atoms with Gasteiger partial charge in [0, 0.05) is 5.69 Å². The van der Waals surface area contributed by atoms with Crippen LogP contribution in [-0.2, 0) is 29.1 Å². The molecule has 0 spiro atoms. The second-order valence-corrected chi connectivity index (χ2v) is 7.66. The predicted octanol–water partition coefficient (Wildman–Crippen LogP) is 1.13. The maximum Gasteiger partial charge on any atom is 0.152 e. The molecular weight excluding hydrogens is 274 g/mol. The van der Waals surface area contributed by atoms with Gasteiger partial charge < -0.3 is 5.32 Å². The first-order valence-corrected chi connectivity index (χ1v) is 9.28. The van der Waals surface area contributed by atoms with E-state index in [2.05, 4.69) is 19.2 Å². The molecule has 0 aliphatic carbocycles. The molecule has 1 fully saturated rings. The molecule has 2 heterocycles. The van der Waals surface area contributed by atoms with E-state index in [-0.39, 0.29) is 11.8 Å². The van der Waals surface area contributed by atoms with E-state index < -0.39 is 9.84 Å². The van der Waals surface area contributed by atoms with Crippen LogP contribution >= 0.6 is 0 Å². The molecule has 1 N–H and O–H groups in total. The smallest absolute Gasteiger partial charge is 0.152 e. The summed E-state index contributed by atoms with van der Waals surface area (Å²) in [6.45, 7) is 5.16. The quantitative estimate of drug-likeness (QED) is 0.855. The summed E-state index contributed by atoms with van der Waals surface area (Å²) < 4.78 is 25.4. The summed E-state index contributed by atoms with van der Waals surface area (Å²) in [4.78, 5) is 0. The SMILES string of the molecule is CCc1nn(C2CCS(=O)(=O)C2)c(CC)c1CCNC. The van der Waals surface area contributed by atoms with Crippen LogP contribution in [0, 0.1) is 0 Å². The zero-order valence-corrected chi connectivity index (χ0v) is 13.5. The molecule has 114 valence electrons. The van der Waals surface area contributed by atoms with Gasteiger partial charge in [-0.15, -0.1) is 0 Å². The first-order chi connectivity index (χ1) is 9.52. The van der Waals surface area contributed by atoms with Crippen molar-refractivity contribution in [2.75, 3.05) is 25.1 Å². The van der Waals surface area contributed by atoms with Crippen molar-refractivity contribution in [3.8, 4) is 0 Å². The van der Waals surface area contributed by atoms with Crippen molar-refractivity contribution in [2.24, 2.45) is 0 Å². The Morgan fingerprint density at radius 3 is 2.60 bits per heavy atom. The van der Waals surface area contributed by atoms with Crippen molar-refractivity contribution in [3.63, 3.8) is 0 Å². The standard InChI is InChI=1S/C14H25N3O2S/c1-4-13-12(6-8-15-3)14(5-2)17(16-13)11-7-9-20(18,19)10-11/h11,15H,4-10H2,1-3H3. The van der Waals surface area contributed by atoms with E-state index in [1.807, 2.05) is 11.7 Å². The van der Waals surface area contributed by atoms with Crippen LogP contribution in [0.1, 0.15) is 43.3 Å². The highest BCUT2D eigenvalue weighted by Gasteiger charge is 2.32. The van der Waals surface area contributed by atoms with Crippen molar-refractivity contribution in [3.05, 3.63) is 17.0 Å². The van der Waals surface area contributed by atoms with Gasteiger partial charge >= 0.3 is 0 Å². The average Bonchev–Trinajstić information content (AvgIpc) is 2.95. The monoisotopic (exact) mass is 299 g/mol. The predicted molar refractivity (Wildman–Crippen MR) is 80.9 cm³/mol. The molecule has 1 aromatic heterocycles. The van der Waals surface area contributed by atoms with Gasteiger partial charge in [-0.25, -0.2) is 8.42 Å². The van der Waals surface area contributed by atoms with Crippen LogP contribution in [0.25, 0.3) is 0 Å². The van der Waals surface area contributed by atoms with E-state index >= 15 is 0 Å². The molecule has 0 saturated carbocycles. The molecule has 1 unspecified atom stereocenters. The fraction of sp³-hybridized carbons (Fsp3) is 0.786. The maximum atomic E-state index is 11.7. The summed E-state index contributed by atoms with van der Waals surface area (Å²) in [5.74, 6) is 0.546. The Morgan fingerprint density at radius 2 is 2.10 bits per heavy atom. The first kappa shape index (κ1) is 15.5. The Balaban J connectivity index is 2.35. The number of sulfone groups is 1. The second kappa shape index (κ2) is 6.26. The highest BCUT2D eigenvalue weighted by atomic mass is 32.2. The topological polar surface area (TPSA) is 64.0 Å². The second-order valence-electron chi connectivity index (χ2n) is 5.43. The fourth-order valence-corrected chi connectivity index (χ4v) is 4.72.